The fraction of sp³-hybridized carbons (Fsp3) is 0.550. The summed E-state index contributed by atoms with van der Waals surface area (Å²) in [7, 11) is 0. The van der Waals surface area contributed by atoms with Crippen LogP contribution in [0.1, 0.15) is 45.1 Å². The van der Waals surface area contributed by atoms with Gasteiger partial charge in [0.2, 0.25) is 0 Å². The van der Waals surface area contributed by atoms with Crippen molar-refractivity contribution in [2.45, 2.75) is 58.2 Å². The monoisotopic (exact) mass is 330 g/mol. The highest BCUT2D eigenvalue weighted by Gasteiger charge is 2.18. The van der Waals surface area contributed by atoms with Gasteiger partial charge in [-0.1, -0.05) is 24.6 Å². The second kappa shape index (κ2) is 9.60. The molecule has 0 aliphatic carbocycles. The normalized spacial score (nSPS) is 19.7. The van der Waals surface area contributed by atoms with E-state index in [0.29, 0.717) is 12.6 Å². The average molecular weight is 330 g/mol. The van der Waals surface area contributed by atoms with Crippen molar-refractivity contribution in [1.29, 1.82) is 0 Å². The Morgan fingerprint density at radius 1 is 1.42 bits per heavy atom. The Morgan fingerprint density at radius 2 is 2.17 bits per heavy atom. The van der Waals surface area contributed by atoms with Crippen LogP contribution in [0.4, 0.5) is 5.69 Å². The molecular formula is C20H30N2O2. The minimum Gasteiger partial charge on any atom is -0.368 e. The number of piperidine rings is 1. The standard InChI is InChI=1S/C20H30N2O2/c1-4-5-14-24-17(3)20(23)21-19-11-9-18(10-12-19)15-22-13-7-6-8-16(22)2/h4,9-12,16-17H,1,5-8,13-15H2,2-3H3,(H,21,23). The van der Waals surface area contributed by atoms with Crippen LogP contribution in [0.3, 0.4) is 0 Å². The number of amides is 1. The van der Waals surface area contributed by atoms with Gasteiger partial charge in [-0.3, -0.25) is 9.69 Å². The van der Waals surface area contributed by atoms with Crippen LogP contribution in [0.2, 0.25) is 0 Å². The largest absolute Gasteiger partial charge is 0.368 e. The summed E-state index contributed by atoms with van der Waals surface area (Å²) in [5.41, 5.74) is 2.10. The zero-order valence-corrected chi connectivity index (χ0v) is 15.0. The molecule has 2 rings (SSSR count). The molecule has 0 aromatic heterocycles. The highest BCUT2D eigenvalue weighted by Crippen LogP contribution is 2.20. The molecule has 1 saturated heterocycles. The van der Waals surface area contributed by atoms with Gasteiger partial charge in [-0.25, -0.2) is 0 Å². The molecule has 1 fully saturated rings. The van der Waals surface area contributed by atoms with Gasteiger partial charge in [-0.2, -0.15) is 0 Å². The van der Waals surface area contributed by atoms with Crippen LogP contribution in [0.5, 0.6) is 0 Å². The third kappa shape index (κ3) is 5.77. The molecule has 2 atom stereocenters. The van der Waals surface area contributed by atoms with E-state index in [1.54, 1.807) is 13.0 Å². The number of hydrogen-bond donors (Lipinski definition) is 1. The molecular weight excluding hydrogens is 300 g/mol. The Kier molecular flexibility index (Phi) is 7.47. The summed E-state index contributed by atoms with van der Waals surface area (Å²) in [4.78, 5) is 14.6. The van der Waals surface area contributed by atoms with Crippen molar-refractivity contribution in [3.8, 4) is 0 Å². The quantitative estimate of drug-likeness (QED) is 0.579. The van der Waals surface area contributed by atoms with Crippen LogP contribution < -0.4 is 5.32 Å². The van der Waals surface area contributed by atoms with Crippen LogP contribution in [0.25, 0.3) is 0 Å². The molecule has 4 heteroatoms. The summed E-state index contributed by atoms with van der Waals surface area (Å²) in [6, 6.07) is 8.79. The van der Waals surface area contributed by atoms with Gasteiger partial charge < -0.3 is 10.1 Å². The number of hydrogen-bond acceptors (Lipinski definition) is 3. The van der Waals surface area contributed by atoms with E-state index in [2.05, 4.69) is 35.9 Å². The number of ether oxygens (including phenoxy) is 1. The molecule has 1 heterocycles. The molecule has 1 aliphatic rings. The van der Waals surface area contributed by atoms with Gasteiger partial charge >= 0.3 is 0 Å². The van der Waals surface area contributed by atoms with Crippen LogP contribution in [-0.4, -0.2) is 36.1 Å². The number of likely N-dealkylation sites (tertiary alicyclic amines) is 1. The lowest BCUT2D eigenvalue weighted by molar-refractivity contribution is -0.126. The Hall–Kier alpha value is -1.65. The summed E-state index contributed by atoms with van der Waals surface area (Å²) in [6.07, 6.45) is 6.00. The smallest absolute Gasteiger partial charge is 0.253 e. The number of anilines is 1. The van der Waals surface area contributed by atoms with Crippen molar-refractivity contribution in [1.82, 2.24) is 4.90 Å². The zero-order chi connectivity index (χ0) is 17.4. The number of carbonyl (C=O) groups excluding carboxylic acids is 1. The van der Waals surface area contributed by atoms with Crippen molar-refractivity contribution in [2.24, 2.45) is 0 Å². The highest BCUT2D eigenvalue weighted by atomic mass is 16.5. The number of rotatable bonds is 8. The third-order valence-corrected chi connectivity index (χ3v) is 4.61. The molecule has 0 saturated carbocycles. The van der Waals surface area contributed by atoms with Gasteiger partial charge in [-0.15, -0.1) is 6.58 Å². The fourth-order valence-electron chi connectivity index (χ4n) is 2.97. The number of benzene rings is 1. The van der Waals surface area contributed by atoms with Gasteiger partial charge in [0.15, 0.2) is 0 Å². The predicted molar refractivity (Wildman–Crippen MR) is 99.0 cm³/mol. The minimum absolute atomic E-state index is 0.114. The maximum absolute atomic E-state index is 12.1. The van der Waals surface area contributed by atoms with Crippen molar-refractivity contribution >= 4 is 11.6 Å². The van der Waals surface area contributed by atoms with Crippen LogP contribution >= 0.6 is 0 Å². The summed E-state index contributed by atoms with van der Waals surface area (Å²) in [6.45, 7) is 10.4. The molecule has 0 bridgehead atoms. The molecule has 1 N–H and O–H groups in total. The highest BCUT2D eigenvalue weighted by molar-refractivity contribution is 5.93. The first-order valence-electron chi connectivity index (χ1n) is 8.96. The Labute approximate surface area is 145 Å². The summed E-state index contributed by atoms with van der Waals surface area (Å²) in [5, 5.41) is 2.90. The average Bonchev–Trinajstić information content (AvgIpc) is 2.58. The van der Waals surface area contributed by atoms with E-state index in [0.717, 1.165) is 18.7 Å². The predicted octanol–water partition coefficient (Wildman–Crippen LogP) is 3.98. The number of nitrogens with one attached hydrogen (secondary N) is 1. The molecule has 1 aromatic carbocycles. The van der Waals surface area contributed by atoms with Crippen LogP contribution in [0.15, 0.2) is 36.9 Å². The van der Waals surface area contributed by atoms with E-state index in [9.17, 15) is 4.79 Å². The van der Waals surface area contributed by atoms with E-state index in [4.69, 9.17) is 4.74 Å². The molecule has 0 spiro atoms. The number of carbonyl (C=O) groups is 1. The van der Waals surface area contributed by atoms with Gasteiger partial charge in [0.25, 0.3) is 5.91 Å². The van der Waals surface area contributed by atoms with Crippen molar-refractivity contribution in [2.75, 3.05) is 18.5 Å². The summed E-state index contributed by atoms with van der Waals surface area (Å²) >= 11 is 0. The SMILES string of the molecule is C=CCCOC(C)C(=O)Nc1ccc(CN2CCCCC2C)cc1. The maximum atomic E-state index is 12.1. The third-order valence-electron chi connectivity index (χ3n) is 4.61. The van der Waals surface area contributed by atoms with Crippen LogP contribution in [0, 0.1) is 0 Å². The topological polar surface area (TPSA) is 41.6 Å². The van der Waals surface area contributed by atoms with Crippen molar-refractivity contribution in [3.05, 3.63) is 42.5 Å². The van der Waals surface area contributed by atoms with Gasteiger partial charge in [-0.05, 0) is 57.4 Å². The summed E-state index contributed by atoms with van der Waals surface area (Å²) < 4.78 is 5.46. The Morgan fingerprint density at radius 3 is 2.83 bits per heavy atom. The molecule has 4 nitrogen and oxygen atoms in total. The van der Waals surface area contributed by atoms with Gasteiger partial charge in [0.1, 0.15) is 6.10 Å². The molecule has 1 amide bonds. The Balaban J connectivity index is 1.82. The minimum atomic E-state index is -0.459. The first kappa shape index (κ1) is 18.7. The van der Waals surface area contributed by atoms with Gasteiger partial charge in [0.05, 0.1) is 6.61 Å². The molecule has 132 valence electrons. The van der Waals surface area contributed by atoms with Crippen LogP contribution in [-0.2, 0) is 16.1 Å². The Bertz CT molecular complexity index is 527. The summed E-state index contributed by atoms with van der Waals surface area (Å²) in [5.74, 6) is -0.114. The van der Waals surface area contributed by atoms with E-state index in [1.165, 1.54) is 31.4 Å². The lowest BCUT2D eigenvalue weighted by Gasteiger charge is -2.33. The molecule has 1 aromatic rings. The van der Waals surface area contributed by atoms with E-state index < -0.39 is 6.10 Å². The lowest BCUT2D eigenvalue weighted by Crippen LogP contribution is -2.36. The van der Waals surface area contributed by atoms with E-state index >= 15 is 0 Å². The maximum Gasteiger partial charge on any atom is 0.253 e. The lowest BCUT2D eigenvalue weighted by atomic mass is 10.0. The second-order valence-electron chi connectivity index (χ2n) is 6.59. The van der Waals surface area contributed by atoms with Gasteiger partial charge in [0, 0.05) is 18.3 Å². The number of nitrogens with zero attached hydrogens (tertiary/aromatic N) is 1. The molecule has 24 heavy (non-hydrogen) atoms. The molecule has 2 unspecified atom stereocenters. The molecule has 0 radical (unpaired) electrons. The van der Waals surface area contributed by atoms with E-state index in [-0.39, 0.29) is 5.91 Å². The fourth-order valence-corrected chi connectivity index (χ4v) is 2.97. The first-order valence-corrected chi connectivity index (χ1v) is 8.96. The van der Waals surface area contributed by atoms with Crippen molar-refractivity contribution in [3.63, 3.8) is 0 Å². The van der Waals surface area contributed by atoms with E-state index in [1.807, 2.05) is 12.1 Å². The first-order chi connectivity index (χ1) is 11.6. The second-order valence-corrected chi connectivity index (χ2v) is 6.59. The molecule has 1 aliphatic heterocycles. The zero-order valence-electron chi connectivity index (χ0n) is 15.0. The van der Waals surface area contributed by atoms with Crippen molar-refractivity contribution < 1.29 is 9.53 Å².